The van der Waals surface area contributed by atoms with Crippen molar-refractivity contribution in [3.63, 3.8) is 0 Å². The van der Waals surface area contributed by atoms with E-state index in [1.54, 1.807) is 13.2 Å². The topological polar surface area (TPSA) is 74.2 Å². The summed E-state index contributed by atoms with van der Waals surface area (Å²) in [4.78, 5) is 1.09. The second kappa shape index (κ2) is 16.4. The average Bonchev–Trinajstić information content (AvgIpc) is 3.06. The molecule has 9 heteroatoms. The van der Waals surface area contributed by atoms with Gasteiger partial charge in [-0.15, -0.1) is 0 Å². The van der Waals surface area contributed by atoms with Crippen molar-refractivity contribution in [1.82, 2.24) is 0 Å². The summed E-state index contributed by atoms with van der Waals surface area (Å²) in [7, 11) is -5.22. The molecule has 1 atom stereocenters. The van der Waals surface area contributed by atoms with E-state index in [-0.39, 0.29) is 35.8 Å². The van der Waals surface area contributed by atoms with Gasteiger partial charge in [0.25, 0.3) is 8.32 Å². The van der Waals surface area contributed by atoms with Gasteiger partial charge in [-0.3, -0.25) is 0 Å². The largest absolute Gasteiger partial charge is 0.507 e. The Morgan fingerprint density at radius 2 is 1.36 bits per heavy atom. The Morgan fingerprint density at radius 1 is 0.800 bits per heavy atom. The summed E-state index contributed by atoms with van der Waals surface area (Å²) in [6.45, 7) is 20.0. The molecular formula is C41H54O6SSi2. The number of methoxy groups -OCH3 is 1. The summed E-state index contributed by atoms with van der Waals surface area (Å²) in [6, 6.07) is 31.9. The van der Waals surface area contributed by atoms with Crippen LogP contribution in [0.1, 0.15) is 58.2 Å². The van der Waals surface area contributed by atoms with Crippen molar-refractivity contribution < 1.29 is 27.6 Å². The highest BCUT2D eigenvalue weighted by atomic mass is 32.2. The third-order valence-corrected chi connectivity index (χ3v) is 20.5. The number of benzene rings is 4. The number of aryl methyl sites for hydroxylation is 1. The fourth-order valence-electron chi connectivity index (χ4n) is 5.81. The molecule has 0 saturated heterocycles. The Kier molecular flexibility index (Phi) is 12.9. The Balaban J connectivity index is 1.93. The molecule has 0 bridgehead atoms. The summed E-state index contributed by atoms with van der Waals surface area (Å²) in [5.41, 5.74) is 2.17. The van der Waals surface area contributed by atoms with Gasteiger partial charge in [0.1, 0.15) is 11.5 Å². The average molecular weight is 731 g/mol. The monoisotopic (exact) mass is 730 g/mol. The molecule has 0 unspecified atom stereocenters. The molecule has 1 N–H and O–H groups in total. The quantitative estimate of drug-likeness (QED) is 0.103. The van der Waals surface area contributed by atoms with Crippen LogP contribution in [0, 0.1) is 6.92 Å². The van der Waals surface area contributed by atoms with E-state index in [9.17, 15) is 9.32 Å². The first-order valence-corrected chi connectivity index (χ1v) is 23.0. The molecule has 0 amide bonds. The molecule has 0 aromatic heterocycles. The van der Waals surface area contributed by atoms with Gasteiger partial charge >= 0.3 is 0 Å². The van der Waals surface area contributed by atoms with Crippen LogP contribution in [-0.4, -0.2) is 46.5 Å². The summed E-state index contributed by atoms with van der Waals surface area (Å²) in [6.07, 6.45) is 1.87. The minimum absolute atomic E-state index is 0.00558. The lowest BCUT2D eigenvalue weighted by molar-refractivity contribution is 0.0508. The van der Waals surface area contributed by atoms with Crippen molar-refractivity contribution in [3.05, 3.63) is 120 Å². The lowest BCUT2D eigenvalue weighted by atomic mass is 10.1. The Hall–Kier alpha value is -3.32. The van der Waals surface area contributed by atoms with Gasteiger partial charge in [0.05, 0.1) is 28.9 Å². The second-order valence-corrected chi connectivity index (χ2v) is 25.8. The van der Waals surface area contributed by atoms with E-state index in [2.05, 4.69) is 103 Å². The molecule has 0 aliphatic carbocycles. The zero-order valence-electron chi connectivity index (χ0n) is 31.3. The van der Waals surface area contributed by atoms with E-state index in [1.165, 1.54) is 0 Å². The minimum atomic E-state index is -2.98. The van der Waals surface area contributed by atoms with Gasteiger partial charge in [-0.05, 0) is 70.3 Å². The third kappa shape index (κ3) is 8.94. The molecule has 0 fully saturated rings. The van der Waals surface area contributed by atoms with Crippen LogP contribution in [0.5, 0.6) is 11.5 Å². The van der Waals surface area contributed by atoms with Gasteiger partial charge in [-0.1, -0.05) is 120 Å². The van der Waals surface area contributed by atoms with Crippen LogP contribution in [0.2, 0.25) is 23.2 Å². The van der Waals surface area contributed by atoms with Crippen molar-refractivity contribution in [1.29, 1.82) is 0 Å². The molecular weight excluding hydrogens is 677 g/mol. The van der Waals surface area contributed by atoms with E-state index in [4.69, 9.17) is 18.3 Å². The molecule has 0 heterocycles. The second-order valence-electron chi connectivity index (χ2n) is 15.2. The first-order valence-electron chi connectivity index (χ1n) is 17.1. The molecule has 268 valence electrons. The van der Waals surface area contributed by atoms with Gasteiger partial charge in [0.2, 0.25) is 0 Å². The van der Waals surface area contributed by atoms with E-state index in [0.717, 1.165) is 15.9 Å². The molecule has 4 aromatic rings. The molecule has 50 heavy (non-hydrogen) atoms. The van der Waals surface area contributed by atoms with Crippen LogP contribution in [0.3, 0.4) is 0 Å². The molecule has 4 rings (SSSR count). The lowest BCUT2D eigenvalue weighted by Crippen LogP contribution is -2.66. The highest BCUT2D eigenvalue weighted by Crippen LogP contribution is 2.42. The predicted molar refractivity (Wildman–Crippen MR) is 212 cm³/mol. The van der Waals surface area contributed by atoms with Crippen LogP contribution in [0.4, 0.5) is 0 Å². The molecule has 6 nitrogen and oxygen atoms in total. The summed E-state index contributed by atoms with van der Waals surface area (Å²) >= 11 is 0. The van der Waals surface area contributed by atoms with Crippen LogP contribution >= 0.6 is 0 Å². The zero-order chi connectivity index (χ0) is 36.7. The van der Waals surface area contributed by atoms with Gasteiger partial charge in [-0.2, -0.15) is 0 Å². The Morgan fingerprint density at radius 3 is 1.86 bits per heavy atom. The highest BCUT2D eigenvalue weighted by Gasteiger charge is 2.50. The number of ether oxygens (including phenoxy) is 2. The first-order chi connectivity index (χ1) is 23.5. The van der Waals surface area contributed by atoms with Crippen LogP contribution in [-0.2, 0) is 31.0 Å². The smallest absolute Gasteiger partial charge is 0.261 e. The third-order valence-electron chi connectivity index (χ3n) is 9.58. The van der Waals surface area contributed by atoms with E-state index >= 15 is 0 Å². The minimum Gasteiger partial charge on any atom is -0.507 e. The van der Waals surface area contributed by atoms with E-state index in [0.29, 0.717) is 26.7 Å². The maximum atomic E-state index is 14.6. The standard InChI is InChI=1S/C41H54O6SSi2/c1-31-21-23-34(24-22-31)48(43)38(25-26-46-49(9,10)40(2,3)4)39-32(27-33(28-37(39)42)45-30-44-8)29-47-50(41(5,6)7,35-17-13-11-14-18-35)36-19-15-12-16-20-36/h11-25,27-28,42H,26,29-30H2,1-10H3/b38-25+/t48-/m1/s1. The van der Waals surface area contributed by atoms with Crippen molar-refractivity contribution >= 4 is 42.7 Å². The number of phenols is 1. The van der Waals surface area contributed by atoms with Crippen molar-refractivity contribution in [2.75, 3.05) is 20.5 Å². The molecule has 0 saturated carbocycles. The number of hydrogen-bond donors (Lipinski definition) is 1. The lowest BCUT2D eigenvalue weighted by Gasteiger charge is -2.43. The van der Waals surface area contributed by atoms with Gasteiger partial charge < -0.3 is 23.4 Å². The van der Waals surface area contributed by atoms with Crippen LogP contribution < -0.4 is 15.1 Å². The number of aromatic hydroxyl groups is 1. The van der Waals surface area contributed by atoms with E-state index in [1.807, 2.05) is 55.5 Å². The highest BCUT2D eigenvalue weighted by molar-refractivity contribution is 7.94. The molecule has 0 radical (unpaired) electrons. The van der Waals surface area contributed by atoms with E-state index < -0.39 is 27.4 Å². The predicted octanol–water partition coefficient (Wildman–Crippen LogP) is 8.93. The zero-order valence-corrected chi connectivity index (χ0v) is 34.1. The van der Waals surface area contributed by atoms with Crippen LogP contribution in [0.15, 0.2) is 108 Å². The van der Waals surface area contributed by atoms with Gasteiger partial charge in [-0.25, -0.2) is 4.21 Å². The van der Waals surface area contributed by atoms with Gasteiger partial charge in [0.15, 0.2) is 15.1 Å². The Bertz CT molecular complexity index is 1720. The van der Waals surface area contributed by atoms with Crippen molar-refractivity contribution in [2.24, 2.45) is 0 Å². The first kappa shape index (κ1) is 39.5. The fourth-order valence-corrected chi connectivity index (χ4v) is 12.6. The SMILES string of the molecule is COCOc1cc(O)c(/C(=C\CO[Si](C)(C)C(C)(C)C)[S@](=O)c2ccc(C)cc2)c(CO[Si](c2ccccc2)(c2ccccc2)C(C)(C)C)c1. The normalized spacial score (nSPS) is 13.7. The van der Waals surface area contributed by atoms with Crippen molar-refractivity contribution in [2.45, 2.75) is 83.1 Å². The Labute approximate surface area is 304 Å². The molecule has 4 aromatic carbocycles. The summed E-state index contributed by atoms with van der Waals surface area (Å²) < 4.78 is 39.5. The van der Waals surface area contributed by atoms with Gasteiger partial charge in [0, 0.05) is 23.6 Å². The van der Waals surface area contributed by atoms with Crippen LogP contribution in [0.25, 0.3) is 4.91 Å². The molecule has 0 aliphatic rings. The number of rotatable bonds is 14. The molecule has 0 aliphatic heterocycles. The maximum absolute atomic E-state index is 14.6. The molecule has 0 spiro atoms. The number of hydrogen-bond acceptors (Lipinski definition) is 6. The van der Waals surface area contributed by atoms with Crippen molar-refractivity contribution in [3.8, 4) is 11.5 Å². The maximum Gasteiger partial charge on any atom is 0.261 e. The summed E-state index contributed by atoms with van der Waals surface area (Å²) in [5.74, 6) is 0.367. The summed E-state index contributed by atoms with van der Waals surface area (Å²) in [5, 5.41) is 13.8. The fraction of sp³-hybridized carbons (Fsp3) is 0.366. The number of phenolic OH excluding ortho intramolecular Hbond substituents is 1.